The first kappa shape index (κ1) is 7.59. The summed E-state index contributed by atoms with van der Waals surface area (Å²) in [6.45, 7) is 1.94. The molecular weight excluding hydrogens is 148 g/mol. The fourth-order valence-electron chi connectivity index (χ4n) is 0.622. The van der Waals surface area contributed by atoms with Gasteiger partial charge in [0.1, 0.15) is 0 Å². The van der Waals surface area contributed by atoms with Gasteiger partial charge in [-0.2, -0.15) is 5.10 Å². The summed E-state index contributed by atoms with van der Waals surface area (Å²) in [6.07, 6.45) is 0.640. The van der Waals surface area contributed by atoms with Gasteiger partial charge in [0.05, 0.1) is 12.8 Å². The molecule has 0 aromatic carbocycles. The van der Waals surface area contributed by atoms with Gasteiger partial charge in [-0.1, -0.05) is 0 Å². The second-order valence-electron chi connectivity index (χ2n) is 1.80. The molecule has 1 rings (SSSR count). The lowest BCUT2D eigenvalue weighted by molar-refractivity contribution is 0.147. The van der Waals surface area contributed by atoms with Crippen molar-refractivity contribution < 1.29 is 14.6 Å². The standard InChI is InChI=1S/C6H8N2O3/c1-2-11-6(10)8-5(9)3-4-7-8/h3-4,9H,2H2,1H3. The zero-order chi connectivity index (χ0) is 8.27. The molecule has 1 aromatic heterocycles. The van der Waals surface area contributed by atoms with Crippen molar-refractivity contribution >= 4 is 6.09 Å². The summed E-state index contributed by atoms with van der Waals surface area (Å²) >= 11 is 0. The molecule has 0 unspecified atom stereocenters. The molecule has 0 amide bonds. The van der Waals surface area contributed by atoms with E-state index in [1.54, 1.807) is 6.92 Å². The van der Waals surface area contributed by atoms with Crippen molar-refractivity contribution in [3.63, 3.8) is 0 Å². The molecule has 60 valence electrons. The van der Waals surface area contributed by atoms with Crippen molar-refractivity contribution in [1.82, 2.24) is 9.78 Å². The first-order valence-corrected chi connectivity index (χ1v) is 3.16. The third-order valence-corrected chi connectivity index (χ3v) is 1.06. The molecule has 0 saturated heterocycles. The molecule has 1 heterocycles. The van der Waals surface area contributed by atoms with Crippen LogP contribution in [0.15, 0.2) is 12.3 Å². The Balaban J connectivity index is 2.76. The van der Waals surface area contributed by atoms with E-state index in [4.69, 9.17) is 5.11 Å². The van der Waals surface area contributed by atoms with Gasteiger partial charge < -0.3 is 9.84 Å². The van der Waals surface area contributed by atoms with Crippen LogP contribution in [0.3, 0.4) is 0 Å². The van der Waals surface area contributed by atoms with E-state index in [1.165, 1.54) is 12.3 Å². The van der Waals surface area contributed by atoms with Crippen molar-refractivity contribution in [3.05, 3.63) is 12.3 Å². The number of rotatable bonds is 1. The van der Waals surface area contributed by atoms with Crippen LogP contribution in [-0.4, -0.2) is 27.6 Å². The maximum Gasteiger partial charge on any atom is 0.437 e. The second-order valence-corrected chi connectivity index (χ2v) is 1.80. The Kier molecular flexibility index (Phi) is 2.10. The van der Waals surface area contributed by atoms with Gasteiger partial charge in [0.15, 0.2) is 0 Å². The average molecular weight is 156 g/mol. The fourth-order valence-corrected chi connectivity index (χ4v) is 0.622. The summed E-state index contributed by atoms with van der Waals surface area (Å²) in [4.78, 5) is 10.8. The first-order chi connectivity index (χ1) is 5.25. The predicted molar refractivity (Wildman–Crippen MR) is 36.3 cm³/mol. The molecule has 0 aliphatic heterocycles. The molecule has 1 aromatic rings. The molecule has 0 bridgehead atoms. The van der Waals surface area contributed by atoms with E-state index in [-0.39, 0.29) is 12.5 Å². The number of nitrogens with zero attached hydrogens (tertiary/aromatic N) is 2. The lowest BCUT2D eigenvalue weighted by Crippen LogP contribution is -2.14. The normalized spacial score (nSPS) is 9.55. The van der Waals surface area contributed by atoms with E-state index in [1.807, 2.05) is 0 Å². The van der Waals surface area contributed by atoms with Crippen LogP contribution < -0.4 is 0 Å². The van der Waals surface area contributed by atoms with Crippen LogP contribution in [0, 0.1) is 0 Å². The predicted octanol–water partition coefficient (Wildman–Crippen LogP) is 0.593. The molecule has 0 fully saturated rings. The van der Waals surface area contributed by atoms with E-state index in [2.05, 4.69) is 9.84 Å². The van der Waals surface area contributed by atoms with Gasteiger partial charge in [0.25, 0.3) is 0 Å². The second kappa shape index (κ2) is 3.05. The number of hydrogen-bond acceptors (Lipinski definition) is 4. The minimum atomic E-state index is -0.671. The van der Waals surface area contributed by atoms with Crippen LogP contribution in [0.2, 0.25) is 0 Å². The largest absolute Gasteiger partial charge is 0.493 e. The van der Waals surface area contributed by atoms with Crippen molar-refractivity contribution in [2.24, 2.45) is 0 Å². The molecular formula is C6H8N2O3. The van der Waals surface area contributed by atoms with Gasteiger partial charge in [-0.3, -0.25) is 0 Å². The molecule has 5 heteroatoms. The fraction of sp³-hybridized carbons (Fsp3) is 0.333. The minimum Gasteiger partial charge on any atom is -0.493 e. The molecule has 0 saturated carbocycles. The quantitative estimate of drug-likeness (QED) is 0.646. The third kappa shape index (κ3) is 1.49. The molecule has 0 aliphatic rings. The highest BCUT2D eigenvalue weighted by Crippen LogP contribution is 2.05. The van der Waals surface area contributed by atoms with Crippen LogP contribution >= 0.6 is 0 Å². The number of ether oxygens (including phenoxy) is 1. The van der Waals surface area contributed by atoms with Crippen molar-refractivity contribution in [1.29, 1.82) is 0 Å². The molecule has 5 nitrogen and oxygen atoms in total. The molecule has 0 atom stereocenters. The zero-order valence-corrected chi connectivity index (χ0v) is 6.02. The summed E-state index contributed by atoms with van der Waals surface area (Å²) in [5.74, 6) is -0.219. The van der Waals surface area contributed by atoms with Crippen LogP contribution in [0.5, 0.6) is 5.88 Å². The Morgan fingerprint density at radius 3 is 3.09 bits per heavy atom. The summed E-state index contributed by atoms with van der Waals surface area (Å²) in [5, 5.41) is 12.5. The minimum absolute atomic E-state index is 0.219. The Bertz CT molecular complexity index is 256. The Hall–Kier alpha value is -1.52. The number of aromatic hydroxyl groups is 1. The van der Waals surface area contributed by atoms with Crippen molar-refractivity contribution in [2.75, 3.05) is 6.61 Å². The third-order valence-electron chi connectivity index (χ3n) is 1.06. The summed E-state index contributed by atoms with van der Waals surface area (Å²) < 4.78 is 5.35. The van der Waals surface area contributed by atoms with E-state index < -0.39 is 6.09 Å². The van der Waals surface area contributed by atoms with Crippen molar-refractivity contribution in [3.8, 4) is 5.88 Å². The van der Waals surface area contributed by atoms with E-state index in [9.17, 15) is 4.79 Å². The molecule has 0 spiro atoms. The Morgan fingerprint density at radius 2 is 2.64 bits per heavy atom. The van der Waals surface area contributed by atoms with Gasteiger partial charge >= 0.3 is 6.09 Å². The Morgan fingerprint density at radius 1 is 1.91 bits per heavy atom. The summed E-state index contributed by atoms with van der Waals surface area (Å²) in [5.41, 5.74) is 0. The summed E-state index contributed by atoms with van der Waals surface area (Å²) in [7, 11) is 0. The zero-order valence-electron chi connectivity index (χ0n) is 6.02. The van der Waals surface area contributed by atoms with Crippen molar-refractivity contribution in [2.45, 2.75) is 6.92 Å². The maximum absolute atomic E-state index is 10.8. The molecule has 1 N–H and O–H groups in total. The van der Waals surface area contributed by atoms with Crippen LogP contribution in [0.25, 0.3) is 0 Å². The van der Waals surface area contributed by atoms with Gasteiger partial charge in [-0.25, -0.2) is 4.79 Å². The van der Waals surface area contributed by atoms with E-state index in [0.717, 1.165) is 4.68 Å². The molecule has 0 aliphatic carbocycles. The number of aromatic nitrogens is 2. The highest BCUT2D eigenvalue weighted by Gasteiger charge is 2.09. The van der Waals surface area contributed by atoms with Crippen LogP contribution in [0.1, 0.15) is 6.92 Å². The lowest BCUT2D eigenvalue weighted by Gasteiger charge is -2.00. The lowest BCUT2D eigenvalue weighted by atomic mass is 10.7. The first-order valence-electron chi connectivity index (χ1n) is 3.16. The molecule has 0 radical (unpaired) electrons. The topological polar surface area (TPSA) is 64.4 Å². The van der Waals surface area contributed by atoms with Crippen LogP contribution in [0.4, 0.5) is 4.79 Å². The average Bonchev–Trinajstić information content (AvgIpc) is 2.36. The highest BCUT2D eigenvalue weighted by molar-refractivity contribution is 5.70. The van der Waals surface area contributed by atoms with E-state index in [0.29, 0.717) is 0 Å². The van der Waals surface area contributed by atoms with E-state index >= 15 is 0 Å². The monoisotopic (exact) mass is 156 g/mol. The van der Waals surface area contributed by atoms with Gasteiger partial charge in [0.2, 0.25) is 5.88 Å². The van der Waals surface area contributed by atoms with Crippen LogP contribution in [-0.2, 0) is 4.74 Å². The molecule has 11 heavy (non-hydrogen) atoms. The SMILES string of the molecule is CCOC(=O)n1nccc1O. The smallest absolute Gasteiger partial charge is 0.437 e. The van der Waals surface area contributed by atoms with Gasteiger partial charge in [-0.15, -0.1) is 4.68 Å². The number of hydrogen-bond donors (Lipinski definition) is 1. The van der Waals surface area contributed by atoms with Gasteiger partial charge in [-0.05, 0) is 6.92 Å². The maximum atomic E-state index is 10.8. The number of carbonyl (C=O) groups excluding carboxylic acids is 1. The van der Waals surface area contributed by atoms with Gasteiger partial charge in [0, 0.05) is 6.07 Å². The number of carbonyl (C=O) groups is 1. The Labute approximate surface area is 63.2 Å². The summed E-state index contributed by atoms with van der Waals surface area (Å²) in [6, 6.07) is 1.30. The highest BCUT2D eigenvalue weighted by atomic mass is 16.6.